The number of carbonyl (C=O) groups excluding carboxylic acids is 1. The highest BCUT2D eigenvalue weighted by Gasteiger charge is 2.44. The number of rotatable bonds is 5. The number of halogens is 3. The molecular weight excluding hydrogens is 336 g/mol. The van der Waals surface area contributed by atoms with E-state index < -0.39 is 0 Å². The lowest BCUT2D eigenvalue weighted by Gasteiger charge is -2.08. The minimum absolute atomic E-state index is 0.0138. The first-order valence-electron chi connectivity index (χ1n) is 7.53. The number of nitrogens with one attached hydrogen (secondary N) is 1. The Labute approximate surface area is 144 Å². The minimum Gasteiger partial charge on any atom is -0.356 e. The van der Waals surface area contributed by atoms with Crippen molar-refractivity contribution in [3.63, 3.8) is 0 Å². The molecule has 2 aromatic rings. The van der Waals surface area contributed by atoms with Crippen LogP contribution in [-0.4, -0.2) is 12.5 Å². The predicted octanol–water partition coefficient (Wildman–Crippen LogP) is 4.59. The van der Waals surface area contributed by atoms with E-state index in [4.69, 9.17) is 23.2 Å². The molecule has 120 valence electrons. The first-order valence-corrected chi connectivity index (χ1v) is 8.28. The van der Waals surface area contributed by atoms with Crippen molar-refractivity contribution >= 4 is 29.1 Å². The van der Waals surface area contributed by atoms with Gasteiger partial charge in [0.25, 0.3) is 0 Å². The molecule has 1 aliphatic carbocycles. The lowest BCUT2D eigenvalue weighted by atomic mass is 10.1. The molecule has 2 aromatic carbocycles. The topological polar surface area (TPSA) is 29.1 Å². The molecule has 2 unspecified atom stereocenters. The molecule has 2 nitrogen and oxygen atoms in total. The third kappa shape index (κ3) is 3.67. The van der Waals surface area contributed by atoms with Gasteiger partial charge in [0.1, 0.15) is 5.82 Å². The van der Waals surface area contributed by atoms with Gasteiger partial charge in [-0.3, -0.25) is 4.79 Å². The van der Waals surface area contributed by atoms with Gasteiger partial charge in [0.2, 0.25) is 5.91 Å². The van der Waals surface area contributed by atoms with Crippen molar-refractivity contribution in [2.24, 2.45) is 5.92 Å². The Bertz CT molecular complexity index is 714. The summed E-state index contributed by atoms with van der Waals surface area (Å²) in [5.74, 6) is -0.439. The molecule has 23 heavy (non-hydrogen) atoms. The quantitative estimate of drug-likeness (QED) is 0.838. The second-order valence-corrected chi connectivity index (χ2v) is 6.53. The van der Waals surface area contributed by atoms with Crippen molar-refractivity contribution in [2.45, 2.75) is 18.8 Å². The Hall–Kier alpha value is -1.58. The standard InChI is InChI=1S/C18H16Cl2FNO/c19-15-5-3-6-16(20)12(15)8-9-22-18(23)14-10-13(14)11-4-1-2-7-17(11)21/h1-7,13-14H,8-10H2,(H,22,23). The fourth-order valence-corrected chi connectivity index (χ4v) is 3.40. The highest BCUT2D eigenvalue weighted by Crippen LogP contribution is 2.48. The van der Waals surface area contributed by atoms with Crippen LogP contribution in [0.15, 0.2) is 42.5 Å². The average molecular weight is 352 g/mol. The van der Waals surface area contributed by atoms with Gasteiger partial charge in [-0.1, -0.05) is 47.5 Å². The maximum Gasteiger partial charge on any atom is 0.223 e. The number of carbonyl (C=O) groups is 1. The molecule has 1 saturated carbocycles. The molecular formula is C18H16Cl2FNO. The molecule has 0 aromatic heterocycles. The molecule has 1 N–H and O–H groups in total. The molecule has 1 fully saturated rings. The van der Waals surface area contributed by atoms with Gasteiger partial charge in [-0.25, -0.2) is 4.39 Å². The highest BCUT2D eigenvalue weighted by atomic mass is 35.5. The van der Waals surface area contributed by atoms with Gasteiger partial charge in [0.15, 0.2) is 0 Å². The van der Waals surface area contributed by atoms with E-state index >= 15 is 0 Å². The average Bonchev–Trinajstić information content (AvgIpc) is 3.31. The van der Waals surface area contributed by atoms with Gasteiger partial charge < -0.3 is 5.32 Å². The van der Waals surface area contributed by atoms with Gasteiger partial charge in [0.05, 0.1) is 0 Å². The molecule has 1 amide bonds. The van der Waals surface area contributed by atoms with E-state index in [1.54, 1.807) is 36.4 Å². The van der Waals surface area contributed by atoms with E-state index in [0.717, 1.165) is 5.56 Å². The van der Waals surface area contributed by atoms with Crippen LogP contribution in [0.2, 0.25) is 10.0 Å². The van der Waals surface area contributed by atoms with Crippen LogP contribution >= 0.6 is 23.2 Å². The molecule has 2 atom stereocenters. The number of benzene rings is 2. The molecule has 0 saturated heterocycles. The first kappa shape index (κ1) is 16.3. The maximum absolute atomic E-state index is 13.7. The Balaban J connectivity index is 1.53. The van der Waals surface area contributed by atoms with Gasteiger partial charge in [-0.15, -0.1) is 0 Å². The van der Waals surface area contributed by atoms with E-state index in [1.807, 2.05) is 0 Å². The summed E-state index contributed by atoms with van der Waals surface area (Å²) in [6, 6.07) is 12.0. The van der Waals surface area contributed by atoms with Crippen LogP contribution in [0.5, 0.6) is 0 Å². The van der Waals surface area contributed by atoms with Crippen LogP contribution in [-0.2, 0) is 11.2 Å². The highest BCUT2D eigenvalue weighted by molar-refractivity contribution is 6.35. The molecule has 0 aliphatic heterocycles. The van der Waals surface area contributed by atoms with Crippen molar-refractivity contribution in [3.05, 3.63) is 69.5 Å². The zero-order chi connectivity index (χ0) is 16.4. The molecule has 0 spiro atoms. The van der Waals surface area contributed by atoms with Crippen LogP contribution in [0.4, 0.5) is 4.39 Å². The minimum atomic E-state index is -0.240. The molecule has 3 rings (SSSR count). The van der Waals surface area contributed by atoms with Crippen LogP contribution < -0.4 is 5.32 Å². The van der Waals surface area contributed by atoms with Gasteiger partial charge in [-0.2, -0.15) is 0 Å². The number of hydrogen-bond donors (Lipinski definition) is 1. The zero-order valence-corrected chi connectivity index (χ0v) is 13.9. The number of hydrogen-bond acceptors (Lipinski definition) is 1. The molecule has 5 heteroatoms. The molecule has 0 heterocycles. The summed E-state index contributed by atoms with van der Waals surface area (Å²) < 4.78 is 13.7. The largest absolute Gasteiger partial charge is 0.356 e. The van der Waals surface area contributed by atoms with E-state index in [2.05, 4.69) is 5.32 Å². The Morgan fingerprint density at radius 2 is 1.83 bits per heavy atom. The van der Waals surface area contributed by atoms with Crippen LogP contribution in [0.1, 0.15) is 23.5 Å². The summed E-state index contributed by atoms with van der Waals surface area (Å²) in [7, 11) is 0. The SMILES string of the molecule is O=C(NCCc1c(Cl)cccc1Cl)C1CC1c1ccccc1F. The second kappa shape index (κ2) is 6.90. The summed E-state index contributed by atoms with van der Waals surface area (Å²) in [5.41, 5.74) is 1.46. The van der Waals surface area contributed by atoms with Gasteiger partial charge >= 0.3 is 0 Å². The van der Waals surface area contributed by atoms with Crippen LogP contribution in [0, 0.1) is 11.7 Å². The smallest absolute Gasteiger partial charge is 0.223 e. The normalized spacial score (nSPS) is 19.4. The summed E-state index contributed by atoms with van der Waals surface area (Å²) in [5, 5.41) is 4.09. The predicted molar refractivity (Wildman–Crippen MR) is 90.4 cm³/mol. The maximum atomic E-state index is 13.7. The third-order valence-electron chi connectivity index (χ3n) is 4.17. The van der Waals surface area contributed by atoms with Crippen molar-refractivity contribution in [1.29, 1.82) is 0 Å². The monoisotopic (exact) mass is 351 g/mol. The van der Waals surface area contributed by atoms with E-state index in [9.17, 15) is 9.18 Å². The van der Waals surface area contributed by atoms with Crippen molar-refractivity contribution in [3.8, 4) is 0 Å². The lowest BCUT2D eigenvalue weighted by molar-refractivity contribution is -0.122. The number of amides is 1. The van der Waals surface area contributed by atoms with Crippen molar-refractivity contribution in [1.82, 2.24) is 5.32 Å². The van der Waals surface area contributed by atoms with Crippen LogP contribution in [0.3, 0.4) is 0 Å². The third-order valence-corrected chi connectivity index (χ3v) is 4.88. The first-order chi connectivity index (χ1) is 11.1. The summed E-state index contributed by atoms with van der Waals surface area (Å²) in [6.45, 7) is 0.461. The Morgan fingerprint density at radius 3 is 2.52 bits per heavy atom. The fourth-order valence-electron chi connectivity index (χ4n) is 2.82. The second-order valence-electron chi connectivity index (χ2n) is 5.71. The summed E-state index contributed by atoms with van der Waals surface area (Å²) >= 11 is 12.2. The van der Waals surface area contributed by atoms with Crippen molar-refractivity contribution in [2.75, 3.05) is 6.54 Å². The van der Waals surface area contributed by atoms with Crippen LogP contribution in [0.25, 0.3) is 0 Å². The van der Waals surface area contributed by atoms with E-state index in [-0.39, 0.29) is 23.6 Å². The Kier molecular flexibility index (Phi) is 4.88. The zero-order valence-electron chi connectivity index (χ0n) is 12.4. The van der Waals surface area contributed by atoms with E-state index in [0.29, 0.717) is 35.0 Å². The molecule has 0 bridgehead atoms. The fraction of sp³-hybridized carbons (Fsp3) is 0.278. The lowest BCUT2D eigenvalue weighted by Crippen LogP contribution is -2.27. The summed E-state index contributed by atoms with van der Waals surface area (Å²) in [4.78, 5) is 12.2. The van der Waals surface area contributed by atoms with Gasteiger partial charge in [0, 0.05) is 22.5 Å². The summed E-state index contributed by atoms with van der Waals surface area (Å²) in [6.07, 6.45) is 1.26. The van der Waals surface area contributed by atoms with E-state index in [1.165, 1.54) is 6.07 Å². The molecule has 1 aliphatic rings. The molecule has 0 radical (unpaired) electrons. The van der Waals surface area contributed by atoms with Gasteiger partial charge in [-0.05, 0) is 48.1 Å². The van der Waals surface area contributed by atoms with Crippen molar-refractivity contribution < 1.29 is 9.18 Å². The Morgan fingerprint density at radius 1 is 1.13 bits per heavy atom.